The number of hydrogen-bond acceptors (Lipinski definition) is 2. The second-order valence-electron chi connectivity index (χ2n) is 3.75. The van der Waals surface area contributed by atoms with Gasteiger partial charge in [0.15, 0.2) is 0 Å². The summed E-state index contributed by atoms with van der Waals surface area (Å²) >= 11 is 0. The molecule has 0 saturated carbocycles. The zero-order chi connectivity index (χ0) is 8.77. The number of nitrogens with two attached hydrogens (primary N) is 1. The molecule has 2 atom stereocenters. The number of carbonyl (C=O) groups excluding carboxylic acids is 1. The summed E-state index contributed by atoms with van der Waals surface area (Å²) in [6.45, 7) is 1.21. The van der Waals surface area contributed by atoms with Crippen LogP contribution in [0.2, 0.25) is 0 Å². The van der Waals surface area contributed by atoms with E-state index in [4.69, 9.17) is 5.73 Å². The molecule has 0 aromatic carbocycles. The quantitative estimate of drug-likeness (QED) is 0.607. The van der Waals surface area contributed by atoms with Gasteiger partial charge in [0.2, 0.25) is 5.91 Å². The highest BCUT2D eigenvalue weighted by atomic mass is 19.1. The minimum absolute atomic E-state index is 0.308. The molecule has 68 valence electrons. The molecule has 2 N–H and O–H groups in total. The number of halogens is 1. The lowest BCUT2D eigenvalue weighted by molar-refractivity contribution is -0.127. The summed E-state index contributed by atoms with van der Waals surface area (Å²) in [6, 6.07) is 0. The third-order valence-electron chi connectivity index (χ3n) is 3.06. The fourth-order valence-corrected chi connectivity index (χ4v) is 2.48. The van der Waals surface area contributed by atoms with Crippen LogP contribution < -0.4 is 5.73 Å². The minimum atomic E-state index is -0.863. The molecule has 0 radical (unpaired) electrons. The Kier molecular flexibility index (Phi) is 1.61. The first-order valence-corrected chi connectivity index (χ1v) is 4.34. The minimum Gasteiger partial charge on any atom is -0.368 e. The molecule has 3 nitrogen and oxygen atoms in total. The van der Waals surface area contributed by atoms with E-state index in [-0.39, 0.29) is 5.91 Å². The van der Waals surface area contributed by atoms with E-state index >= 15 is 0 Å². The van der Waals surface area contributed by atoms with Gasteiger partial charge in [-0.2, -0.15) is 0 Å². The van der Waals surface area contributed by atoms with Crippen molar-refractivity contribution >= 4 is 5.91 Å². The summed E-state index contributed by atoms with van der Waals surface area (Å²) in [5.41, 5.74) is 4.66. The first kappa shape index (κ1) is 7.98. The van der Waals surface area contributed by atoms with Crippen LogP contribution in [0.5, 0.6) is 0 Å². The molecular formula is C8H13FN2O. The molecule has 0 aromatic rings. The van der Waals surface area contributed by atoms with Crippen LogP contribution in [0, 0.1) is 0 Å². The molecule has 12 heavy (non-hydrogen) atoms. The Labute approximate surface area is 70.7 Å². The maximum atomic E-state index is 13.0. The first-order valence-electron chi connectivity index (χ1n) is 4.34. The van der Waals surface area contributed by atoms with E-state index in [1.807, 2.05) is 4.90 Å². The average molecular weight is 172 g/mol. The van der Waals surface area contributed by atoms with Gasteiger partial charge in [-0.15, -0.1) is 0 Å². The molecule has 0 unspecified atom stereocenters. The molecule has 2 aliphatic rings. The molecule has 0 aromatic heterocycles. The van der Waals surface area contributed by atoms with Gasteiger partial charge in [0, 0.05) is 13.0 Å². The van der Waals surface area contributed by atoms with Crippen LogP contribution in [0.4, 0.5) is 4.39 Å². The monoisotopic (exact) mass is 172 g/mol. The number of primary amides is 1. The SMILES string of the molecule is NC(=O)[C@@]12CCCN1C[C@H](F)C2. The lowest BCUT2D eigenvalue weighted by Crippen LogP contribution is -2.49. The van der Waals surface area contributed by atoms with Gasteiger partial charge in [-0.3, -0.25) is 9.69 Å². The van der Waals surface area contributed by atoms with Crippen molar-refractivity contribution in [3.63, 3.8) is 0 Å². The van der Waals surface area contributed by atoms with Crippen LogP contribution in [-0.4, -0.2) is 35.6 Å². The average Bonchev–Trinajstić information content (AvgIpc) is 2.42. The predicted molar refractivity (Wildman–Crippen MR) is 42.2 cm³/mol. The number of carbonyl (C=O) groups is 1. The van der Waals surface area contributed by atoms with Crippen molar-refractivity contribution in [3.05, 3.63) is 0 Å². The first-order chi connectivity index (χ1) is 5.65. The normalized spacial score (nSPS) is 41.6. The highest BCUT2D eigenvalue weighted by Crippen LogP contribution is 2.39. The van der Waals surface area contributed by atoms with Crippen LogP contribution in [0.25, 0.3) is 0 Å². The van der Waals surface area contributed by atoms with Crippen molar-refractivity contribution in [3.8, 4) is 0 Å². The fraction of sp³-hybridized carbons (Fsp3) is 0.875. The predicted octanol–water partition coefficient (Wildman–Crippen LogP) is 0.0481. The molecule has 2 saturated heterocycles. The van der Waals surface area contributed by atoms with E-state index in [2.05, 4.69) is 0 Å². The van der Waals surface area contributed by atoms with Crippen LogP contribution in [0.1, 0.15) is 19.3 Å². The molecule has 2 rings (SSSR count). The maximum absolute atomic E-state index is 13.0. The van der Waals surface area contributed by atoms with E-state index in [9.17, 15) is 9.18 Å². The van der Waals surface area contributed by atoms with Crippen molar-refractivity contribution in [2.24, 2.45) is 5.73 Å². The van der Waals surface area contributed by atoms with E-state index in [0.29, 0.717) is 13.0 Å². The number of nitrogens with zero attached hydrogens (tertiary/aromatic N) is 1. The van der Waals surface area contributed by atoms with Gasteiger partial charge in [-0.05, 0) is 19.4 Å². The number of rotatable bonds is 1. The highest BCUT2D eigenvalue weighted by Gasteiger charge is 2.52. The third kappa shape index (κ3) is 0.874. The second kappa shape index (κ2) is 2.42. The second-order valence-corrected chi connectivity index (χ2v) is 3.75. The summed E-state index contributed by atoms with van der Waals surface area (Å²) in [5.74, 6) is -0.347. The molecular weight excluding hydrogens is 159 g/mol. The Bertz CT molecular complexity index is 221. The maximum Gasteiger partial charge on any atom is 0.238 e. The van der Waals surface area contributed by atoms with Crippen molar-refractivity contribution < 1.29 is 9.18 Å². The van der Waals surface area contributed by atoms with E-state index in [0.717, 1.165) is 19.4 Å². The summed E-state index contributed by atoms with van der Waals surface area (Å²) in [6.07, 6.45) is 1.15. The number of amides is 1. The molecule has 1 amide bonds. The van der Waals surface area contributed by atoms with Gasteiger partial charge in [0.1, 0.15) is 11.7 Å². The molecule has 0 aliphatic carbocycles. The van der Waals surface area contributed by atoms with E-state index in [1.165, 1.54) is 0 Å². The van der Waals surface area contributed by atoms with Crippen molar-refractivity contribution in [2.45, 2.75) is 31.0 Å². The Hall–Kier alpha value is -0.640. The van der Waals surface area contributed by atoms with Crippen LogP contribution >= 0.6 is 0 Å². The molecule has 2 heterocycles. The van der Waals surface area contributed by atoms with E-state index < -0.39 is 11.7 Å². The zero-order valence-electron chi connectivity index (χ0n) is 6.92. The fourth-order valence-electron chi connectivity index (χ4n) is 2.48. The summed E-state index contributed by atoms with van der Waals surface area (Å²) < 4.78 is 13.0. The third-order valence-corrected chi connectivity index (χ3v) is 3.06. The standard InChI is InChI=1S/C8H13FN2O/c9-6-4-8(7(10)12)2-1-3-11(8)5-6/h6H,1-5H2,(H2,10,12)/t6-,8+/m1/s1. The van der Waals surface area contributed by atoms with Crippen molar-refractivity contribution in [1.82, 2.24) is 4.90 Å². The number of alkyl halides is 1. The lowest BCUT2D eigenvalue weighted by Gasteiger charge is -2.27. The Morgan fingerprint density at radius 3 is 3.00 bits per heavy atom. The molecule has 4 heteroatoms. The van der Waals surface area contributed by atoms with Gasteiger partial charge in [-0.1, -0.05) is 0 Å². The van der Waals surface area contributed by atoms with E-state index in [1.54, 1.807) is 0 Å². The zero-order valence-corrected chi connectivity index (χ0v) is 6.92. The molecule has 0 spiro atoms. The largest absolute Gasteiger partial charge is 0.368 e. The topological polar surface area (TPSA) is 46.3 Å². The molecule has 0 bridgehead atoms. The van der Waals surface area contributed by atoms with Crippen LogP contribution in [-0.2, 0) is 4.79 Å². The van der Waals surface area contributed by atoms with Gasteiger partial charge < -0.3 is 5.73 Å². The number of fused-ring (bicyclic) bond motifs is 1. The Balaban J connectivity index is 2.26. The van der Waals surface area contributed by atoms with Crippen LogP contribution in [0.3, 0.4) is 0 Å². The molecule has 2 aliphatic heterocycles. The number of hydrogen-bond donors (Lipinski definition) is 1. The smallest absolute Gasteiger partial charge is 0.238 e. The van der Waals surface area contributed by atoms with Gasteiger partial charge in [-0.25, -0.2) is 4.39 Å². The van der Waals surface area contributed by atoms with Crippen LogP contribution in [0.15, 0.2) is 0 Å². The van der Waals surface area contributed by atoms with Crippen molar-refractivity contribution in [1.29, 1.82) is 0 Å². The Morgan fingerprint density at radius 2 is 2.42 bits per heavy atom. The molecule has 2 fully saturated rings. The van der Waals surface area contributed by atoms with Gasteiger partial charge in [0.05, 0.1) is 0 Å². The van der Waals surface area contributed by atoms with Gasteiger partial charge in [0.25, 0.3) is 0 Å². The highest BCUT2D eigenvalue weighted by molar-refractivity contribution is 5.85. The Morgan fingerprint density at radius 1 is 1.67 bits per heavy atom. The van der Waals surface area contributed by atoms with Gasteiger partial charge >= 0.3 is 0 Å². The summed E-state index contributed by atoms with van der Waals surface area (Å²) in [5, 5.41) is 0. The summed E-state index contributed by atoms with van der Waals surface area (Å²) in [4.78, 5) is 13.1. The summed E-state index contributed by atoms with van der Waals surface area (Å²) in [7, 11) is 0. The lowest BCUT2D eigenvalue weighted by atomic mass is 9.93. The van der Waals surface area contributed by atoms with Crippen molar-refractivity contribution in [2.75, 3.05) is 13.1 Å².